The fourth-order valence-electron chi connectivity index (χ4n) is 4.63. The second kappa shape index (κ2) is 7.81. The van der Waals surface area contributed by atoms with Gasteiger partial charge in [-0.25, -0.2) is 4.98 Å². The first kappa shape index (κ1) is 18.6. The fraction of sp³-hybridized carbons (Fsp3) is 0.391. The second-order valence-corrected chi connectivity index (χ2v) is 8.58. The number of carbonyl (C=O) groups is 1. The molecule has 150 valence electrons. The minimum atomic E-state index is 0.154. The standard InChI is InChI=1S/C23H25ClN4O/c24-19-7-8-22-21(13-19)25-16-28(22)14-17-3-5-18(6-4-17)23(29)27-12-9-20(15-27)26-10-1-2-11-26/h3-8,13,16,20H,1-2,9-12,14-15H2/t20-/m0/s1. The Kier molecular flexibility index (Phi) is 5.02. The molecule has 0 unspecified atom stereocenters. The van der Waals surface area contributed by atoms with Crippen molar-refractivity contribution < 1.29 is 4.79 Å². The molecule has 1 amide bonds. The van der Waals surface area contributed by atoms with E-state index in [1.165, 1.54) is 25.9 Å². The van der Waals surface area contributed by atoms with Gasteiger partial charge in [-0.15, -0.1) is 0 Å². The van der Waals surface area contributed by atoms with Gasteiger partial charge >= 0.3 is 0 Å². The zero-order chi connectivity index (χ0) is 19.8. The maximum Gasteiger partial charge on any atom is 0.253 e. The van der Waals surface area contributed by atoms with Crippen LogP contribution < -0.4 is 0 Å². The largest absolute Gasteiger partial charge is 0.337 e. The van der Waals surface area contributed by atoms with E-state index < -0.39 is 0 Å². The molecule has 1 atom stereocenters. The van der Waals surface area contributed by atoms with E-state index >= 15 is 0 Å². The van der Waals surface area contributed by atoms with Gasteiger partial charge in [0.05, 0.1) is 17.4 Å². The van der Waals surface area contributed by atoms with Crippen LogP contribution in [0.5, 0.6) is 0 Å². The minimum Gasteiger partial charge on any atom is -0.337 e. The van der Waals surface area contributed by atoms with Gasteiger partial charge in [0, 0.05) is 36.3 Å². The normalized spacial score (nSPS) is 20.0. The molecule has 0 radical (unpaired) electrons. The first-order chi connectivity index (χ1) is 14.2. The molecule has 2 fully saturated rings. The van der Waals surface area contributed by atoms with Gasteiger partial charge in [0.1, 0.15) is 0 Å². The van der Waals surface area contributed by atoms with Crippen molar-refractivity contribution in [1.82, 2.24) is 19.4 Å². The Morgan fingerprint density at radius 3 is 2.66 bits per heavy atom. The summed E-state index contributed by atoms with van der Waals surface area (Å²) in [5, 5.41) is 0.694. The highest BCUT2D eigenvalue weighted by atomic mass is 35.5. The number of hydrogen-bond donors (Lipinski definition) is 0. The van der Waals surface area contributed by atoms with Crippen LogP contribution in [0.15, 0.2) is 48.8 Å². The summed E-state index contributed by atoms with van der Waals surface area (Å²) in [7, 11) is 0. The topological polar surface area (TPSA) is 41.4 Å². The van der Waals surface area contributed by atoms with Gasteiger partial charge in [-0.3, -0.25) is 9.69 Å². The minimum absolute atomic E-state index is 0.154. The van der Waals surface area contributed by atoms with E-state index in [1.807, 2.05) is 53.7 Å². The highest BCUT2D eigenvalue weighted by molar-refractivity contribution is 6.31. The number of hydrogen-bond acceptors (Lipinski definition) is 3. The number of imidazole rings is 1. The molecular formula is C23H25ClN4O. The monoisotopic (exact) mass is 408 g/mol. The Labute approximate surface area is 175 Å². The maximum absolute atomic E-state index is 12.9. The van der Waals surface area contributed by atoms with Crippen molar-refractivity contribution in [3.8, 4) is 0 Å². The van der Waals surface area contributed by atoms with Crippen LogP contribution in [-0.2, 0) is 6.54 Å². The van der Waals surface area contributed by atoms with Crippen molar-refractivity contribution in [3.05, 3.63) is 64.9 Å². The van der Waals surface area contributed by atoms with Gasteiger partial charge in [-0.2, -0.15) is 0 Å². The quantitative estimate of drug-likeness (QED) is 0.654. The molecule has 0 N–H and O–H groups in total. The Balaban J connectivity index is 1.25. The lowest BCUT2D eigenvalue weighted by Crippen LogP contribution is -2.37. The predicted octanol–water partition coefficient (Wildman–Crippen LogP) is 4.05. The third-order valence-electron chi connectivity index (χ3n) is 6.24. The summed E-state index contributed by atoms with van der Waals surface area (Å²) >= 11 is 6.05. The Morgan fingerprint density at radius 2 is 1.86 bits per heavy atom. The number of likely N-dealkylation sites (tertiary alicyclic amines) is 2. The number of amides is 1. The first-order valence-electron chi connectivity index (χ1n) is 10.4. The SMILES string of the molecule is O=C(c1ccc(Cn2cnc3cc(Cl)ccc32)cc1)N1CC[C@H](N2CCCC2)C1. The van der Waals surface area contributed by atoms with Crippen LogP contribution in [0.4, 0.5) is 0 Å². The van der Waals surface area contributed by atoms with Crippen molar-refractivity contribution in [3.63, 3.8) is 0 Å². The van der Waals surface area contributed by atoms with E-state index in [4.69, 9.17) is 11.6 Å². The summed E-state index contributed by atoms with van der Waals surface area (Å²) < 4.78 is 2.10. The van der Waals surface area contributed by atoms with E-state index in [9.17, 15) is 4.79 Å². The zero-order valence-electron chi connectivity index (χ0n) is 16.4. The average molecular weight is 409 g/mol. The van der Waals surface area contributed by atoms with Gasteiger partial charge in [-0.1, -0.05) is 23.7 Å². The summed E-state index contributed by atoms with van der Waals surface area (Å²) in [6, 6.07) is 14.3. The Morgan fingerprint density at radius 1 is 1.07 bits per heavy atom. The molecule has 3 heterocycles. The number of aromatic nitrogens is 2. The molecule has 3 aromatic rings. The predicted molar refractivity (Wildman–Crippen MR) is 115 cm³/mol. The first-order valence-corrected chi connectivity index (χ1v) is 10.8. The highest BCUT2D eigenvalue weighted by Crippen LogP contribution is 2.23. The van der Waals surface area contributed by atoms with Gasteiger partial charge in [0.2, 0.25) is 0 Å². The molecule has 5 rings (SSSR count). The molecular weight excluding hydrogens is 384 g/mol. The van der Waals surface area contributed by atoms with Gasteiger partial charge in [0.15, 0.2) is 0 Å². The summed E-state index contributed by atoms with van der Waals surface area (Å²) in [6.07, 6.45) is 5.53. The number of fused-ring (bicyclic) bond motifs is 1. The number of carbonyl (C=O) groups excluding carboxylic acids is 1. The van der Waals surface area contributed by atoms with Crippen molar-refractivity contribution in [2.24, 2.45) is 0 Å². The number of rotatable bonds is 4. The third kappa shape index (κ3) is 3.77. The van der Waals surface area contributed by atoms with E-state index in [-0.39, 0.29) is 5.91 Å². The molecule has 6 heteroatoms. The summed E-state index contributed by atoms with van der Waals surface area (Å²) in [6.45, 7) is 4.83. The Bertz CT molecular complexity index is 1020. The number of benzene rings is 2. The van der Waals surface area contributed by atoms with Gasteiger partial charge in [0.25, 0.3) is 5.91 Å². The lowest BCUT2D eigenvalue weighted by Gasteiger charge is -2.23. The van der Waals surface area contributed by atoms with Crippen LogP contribution in [0.3, 0.4) is 0 Å². The molecule has 2 aromatic carbocycles. The maximum atomic E-state index is 12.9. The van der Waals surface area contributed by atoms with E-state index in [0.29, 0.717) is 17.6 Å². The van der Waals surface area contributed by atoms with Crippen molar-refractivity contribution in [2.75, 3.05) is 26.2 Å². The summed E-state index contributed by atoms with van der Waals surface area (Å²) in [4.78, 5) is 21.9. The molecule has 0 saturated carbocycles. The molecule has 0 aliphatic carbocycles. The fourth-order valence-corrected chi connectivity index (χ4v) is 4.79. The molecule has 29 heavy (non-hydrogen) atoms. The molecule has 0 bridgehead atoms. The van der Waals surface area contributed by atoms with Crippen LogP contribution in [0.25, 0.3) is 11.0 Å². The van der Waals surface area contributed by atoms with E-state index in [2.05, 4.69) is 14.5 Å². The van der Waals surface area contributed by atoms with Gasteiger partial charge in [-0.05, 0) is 68.2 Å². The van der Waals surface area contributed by atoms with Crippen LogP contribution in [0, 0.1) is 0 Å². The summed E-state index contributed by atoms with van der Waals surface area (Å²) in [5.41, 5.74) is 3.87. The molecule has 2 aliphatic heterocycles. The number of nitrogens with zero attached hydrogens (tertiary/aromatic N) is 4. The molecule has 2 saturated heterocycles. The lowest BCUT2D eigenvalue weighted by atomic mass is 10.1. The smallest absolute Gasteiger partial charge is 0.253 e. The molecule has 2 aliphatic rings. The van der Waals surface area contributed by atoms with Gasteiger partial charge < -0.3 is 9.47 Å². The molecule has 5 nitrogen and oxygen atoms in total. The van der Waals surface area contributed by atoms with Crippen LogP contribution >= 0.6 is 11.6 Å². The average Bonchev–Trinajstić information content (AvgIpc) is 3.49. The molecule has 1 aromatic heterocycles. The highest BCUT2D eigenvalue weighted by Gasteiger charge is 2.31. The van der Waals surface area contributed by atoms with Crippen molar-refractivity contribution in [2.45, 2.75) is 31.8 Å². The van der Waals surface area contributed by atoms with E-state index in [0.717, 1.165) is 41.7 Å². The zero-order valence-corrected chi connectivity index (χ0v) is 17.2. The van der Waals surface area contributed by atoms with Crippen LogP contribution in [0.2, 0.25) is 5.02 Å². The van der Waals surface area contributed by atoms with Crippen molar-refractivity contribution in [1.29, 1.82) is 0 Å². The lowest BCUT2D eigenvalue weighted by molar-refractivity contribution is 0.0780. The summed E-state index contributed by atoms with van der Waals surface area (Å²) in [5.74, 6) is 0.154. The van der Waals surface area contributed by atoms with E-state index in [1.54, 1.807) is 0 Å². The number of halogens is 1. The second-order valence-electron chi connectivity index (χ2n) is 8.14. The van der Waals surface area contributed by atoms with Crippen LogP contribution in [-0.4, -0.2) is 57.5 Å². The Hall–Kier alpha value is -2.37. The van der Waals surface area contributed by atoms with Crippen LogP contribution in [0.1, 0.15) is 35.2 Å². The van der Waals surface area contributed by atoms with Crippen molar-refractivity contribution >= 4 is 28.5 Å². The molecule has 0 spiro atoms. The third-order valence-corrected chi connectivity index (χ3v) is 6.48.